The van der Waals surface area contributed by atoms with E-state index in [1.54, 1.807) is 6.07 Å². The maximum atomic E-state index is 10.8. The van der Waals surface area contributed by atoms with Crippen LogP contribution >= 0.6 is 0 Å². The molecule has 3 N–H and O–H groups in total. The summed E-state index contributed by atoms with van der Waals surface area (Å²) < 4.78 is 6.07. The Bertz CT molecular complexity index is 797. The standard InChI is InChI=1S/C16H17N3O3/c1-16(2)8-7-11-13(20)12(18-19-15(17)21)9-5-3-4-6-10(9)14(11)22-16/h3-6,20H,7-8H2,1-2H3,(H2,17,21). The van der Waals surface area contributed by atoms with Crippen LogP contribution in [0.2, 0.25) is 0 Å². The highest BCUT2D eigenvalue weighted by molar-refractivity contribution is 6.01. The predicted octanol–water partition coefficient (Wildman–Crippen LogP) is 3.81. The third kappa shape index (κ3) is 2.36. The topological polar surface area (TPSA) is 97.3 Å². The molecule has 0 atom stereocenters. The van der Waals surface area contributed by atoms with Crippen molar-refractivity contribution in [3.8, 4) is 11.5 Å². The number of nitrogens with two attached hydrogens (primary N) is 1. The molecule has 114 valence electrons. The Morgan fingerprint density at radius 2 is 2.00 bits per heavy atom. The molecule has 0 saturated heterocycles. The molecular weight excluding hydrogens is 282 g/mol. The van der Waals surface area contributed by atoms with Gasteiger partial charge in [-0.15, -0.1) is 5.11 Å². The number of phenols is 1. The zero-order valence-electron chi connectivity index (χ0n) is 12.5. The first-order valence-electron chi connectivity index (χ1n) is 7.06. The Morgan fingerprint density at radius 3 is 2.68 bits per heavy atom. The monoisotopic (exact) mass is 299 g/mol. The lowest BCUT2D eigenvalue weighted by Crippen LogP contribution is -2.32. The SMILES string of the molecule is CC1(C)CCc2c(O)c(N=NC(N)=O)c3ccccc3c2O1. The lowest BCUT2D eigenvalue weighted by Gasteiger charge is -2.34. The molecule has 6 nitrogen and oxygen atoms in total. The molecule has 2 aromatic carbocycles. The number of carbonyl (C=O) groups excluding carboxylic acids is 1. The molecule has 1 aliphatic heterocycles. The first-order chi connectivity index (χ1) is 10.4. The summed E-state index contributed by atoms with van der Waals surface area (Å²) in [6.45, 7) is 4.03. The van der Waals surface area contributed by atoms with Gasteiger partial charge in [0.1, 0.15) is 17.0 Å². The number of phenolic OH excluding ortho intramolecular Hbond substituents is 1. The quantitative estimate of drug-likeness (QED) is 0.783. The number of amides is 2. The predicted molar refractivity (Wildman–Crippen MR) is 82.7 cm³/mol. The molecule has 0 saturated carbocycles. The van der Waals surface area contributed by atoms with Gasteiger partial charge < -0.3 is 15.6 Å². The molecule has 3 rings (SSSR count). The van der Waals surface area contributed by atoms with Gasteiger partial charge in [-0.2, -0.15) is 0 Å². The van der Waals surface area contributed by atoms with Crippen molar-refractivity contribution in [1.82, 2.24) is 0 Å². The van der Waals surface area contributed by atoms with Crippen molar-refractivity contribution in [2.45, 2.75) is 32.3 Å². The third-order valence-electron chi connectivity index (χ3n) is 3.82. The average Bonchev–Trinajstić information content (AvgIpc) is 2.46. The van der Waals surface area contributed by atoms with E-state index in [2.05, 4.69) is 10.2 Å². The van der Waals surface area contributed by atoms with Crippen LogP contribution in [-0.4, -0.2) is 16.7 Å². The van der Waals surface area contributed by atoms with E-state index < -0.39 is 6.03 Å². The highest BCUT2D eigenvalue weighted by Crippen LogP contribution is 2.49. The second-order valence-electron chi connectivity index (χ2n) is 5.95. The van der Waals surface area contributed by atoms with E-state index in [0.29, 0.717) is 23.1 Å². The lowest BCUT2D eigenvalue weighted by atomic mass is 9.90. The minimum Gasteiger partial charge on any atom is -0.505 e. The Labute approximate surface area is 127 Å². The van der Waals surface area contributed by atoms with E-state index in [-0.39, 0.29) is 17.0 Å². The van der Waals surface area contributed by atoms with Gasteiger partial charge in [0.25, 0.3) is 0 Å². The van der Waals surface area contributed by atoms with Gasteiger partial charge >= 0.3 is 6.03 Å². The summed E-state index contributed by atoms with van der Waals surface area (Å²) in [6, 6.07) is 6.51. The van der Waals surface area contributed by atoms with Gasteiger partial charge in [-0.1, -0.05) is 29.4 Å². The zero-order chi connectivity index (χ0) is 15.9. The first-order valence-corrected chi connectivity index (χ1v) is 7.06. The van der Waals surface area contributed by atoms with Crippen molar-refractivity contribution in [3.05, 3.63) is 29.8 Å². The molecule has 0 spiro atoms. The minimum atomic E-state index is -0.904. The van der Waals surface area contributed by atoms with Crippen molar-refractivity contribution in [3.63, 3.8) is 0 Å². The van der Waals surface area contributed by atoms with Gasteiger partial charge in [-0.05, 0) is 26.7 Å². The number of fused-ring (bicyclic) bond motifs is 3. The fraction of sp³-hybridized carbons (Fsp3) is 0.312. The van der Waals surface area contributed by atoms with E-state index in [9.17, 15) is 9.90 Å². The molecule has 22 heavy (non-hydrogen) atoms. The van der Waals surface area contributed by atoms with Crippen LogP contribution in [0, 0.1) is 0 Å². The zero-order valence-corrected chi connectivity index (χ0v) is 12.5. The summed E-state index contributed by atoms with van der Waals surface area (Å²) in [5.74, 6) is 0.663. The lowest BCUT2D eigenvalue weighted by molar-refractivity contribution is 0.0859. The number of carbonyl (C=O) groups is 1. The fourth-order valence-corrected chi connectivity index (χ4v) is 2.73. The van der Waals surface area contributed by atoms with Crippen molar-refractivity contribution < 1.29 is 14.6 Å². The molecule has 6 heteroatoms. The Kier molecular flexibility index (Phi) is 3.24. The van der Waals surface area contributed by atoms with Gasteiger partial charge in [0.15, 0.2) is 5.75 Å². The third-order valence-corrected chi connectivity index (χ3v) is 3.82. The van der Waals surface area contributed by atoms with Gasteiger partial charge in [-0.25, -0.2) is 4.79 Å². The van der Waals surface area contributed by atoms with E-state index in [4.69, 9.17) is 10.5 Å². The van der Waals surface area contributed by atoms with Gasteiger partial charge in [0.2, 0.25) is 0 Å². The van der Waals surface area contributed by atoms with Gasteiger partial charge in [0, 0.05) is 16.3 Å². The largest absolute Gasteiger partial charge is 0.505 e. The van der Waals surface area contributed by atoms with Crippen LogP contribution in [-0.2, 0) is 6.42 Å². The number of benzene rings is 2. The van der Waals surface area contributed by atoms with Crippen molar-refractivity contribution in [2.75, 3.05) is 0 Å². The number of hydrogen-bond donors (Lipinski definition) is 2. The molecule has 2 amide bonds. The number of nitrogens with zero attached hydrogens (tertiary/aromatic N) is 2. The highest BCUT2D eigenvalue weighted by atomic mass is 16.5. The first kappa shape index (κ1) is 14.3. The van der Waals surface area contributed by atoms with Crippen LogP contribution in [0.15, 0.2) is 34.5 Å². The van der Waals surface area contributed by atoms with Crippen molar-refractivity contribution >= 4 is 22.5 Å². The molecule has 2 aromatic rings. The van der Waals surface area contributed by atoms with Gasteiger partial charge in [0.05, 0.1) is 0 Å². The Balaban J connectivity index is 2.31. The van der Waals surface area contributed by atoms with Crippen LogP contribution in [0.4, 0.5) is 10.5 Å². The van der Waals surface area contributed by atoms with Crippen LogP contribution in [0.25, 0.3) is 10.8 Å². The minimum absolute atomic E-state index is 0.00537. The van der Waals surface area contributed by atoms with Crippen LogP contribution in [0.5, 0.6) is 11.5 Å². The fourth-order valence-electron chi connectivity index (χ4n) is 2.73. The van der Waals surface area contributed by atoms with E-state index in [1.165, 1.54) is 0 Å². The molecule has 1 aliphatic rings. The molecule has 1 heterocycles. The summed E-state index contributed by atoms with van der Waals surface area (Å²) in [6.07, 6.45) is 1.44. The molecule has 0 aromatic heterocycles. The number of ether oxygens (including phenoxy) is 1. The van der Waals surface area contributed by atoms with Crippen LogP contribution < -0.4 is 10.5 Å². The van der Waals surface area contributed by atoms with Crippen LogP contribution in [0.1, 0.15) is 25.8 Å². The van der Waals surface area contributed by atoms with E-state index in [1.807, 2.05) is 32.0 Å². The molecule has 0 radical (unpaired) electrons. The molecule has 0 bridgehead atoms. The summed E-state index contributed by atoms with van der Waals surface area (Å²) in [7, 11) is 0. The van der Waals surface area contributed by atoms with Crippen molar-refractivity contribution in [2.24, 2.45) is 16.0 Å². The van der Waals surface area contributed by atoms with Gasteiger partial charge in [-0.3, -0.25) is 0 Å². The number of rotatable bonds is 1. The van der Waals surface area contributed by atoms with E-state index in [0.717, 1.165) is 11.8 Å². The smallest absolute Gasteiger partial charge is 0.356 e. The number of urea groups is 1. The normalized spacial score (nSPS) is 16.5. The summed E-state index contributed by atoms with van der Waals surface area (Å²) in [5, 5.41) is 19.2. The number of primary amides is 1. The molecule has 0 unspecified atom stereocenters. The molecule has 0 aliphatic carbocycles. The second-order valence-corrected chi connectivity index (χ2v) is 5.95. The van der Waals surface area contributed by atoms with Crippen molar-refractivity contribution in [1.29, 1.82) is 0 Å². The summed E-state index contributed by atoms with van der Waals surface area (Å²) in [4.78, 5) is 10.8. The number of azo groups is 1. The molecule has 0 fully saturated rings. The van der Waals surface area contributed by atoms with E-state index >= 15 is 0 Å². The highest BCUT2D eigenvalue weighted by Gasteiger charge is 2.31. The number of hydrogen-bond acceptors (Lipinski definition) is 4. The Hall–Kier alpha value is -2.63. The average molecular weight is 299 g/mol. The second kappa shape index (κ2) is 4.98. The number of aromatic hydroxyl groups is 1. The summed E-state index contributed by atoms with van der Waals surface area (Å²) >= 11 is 0. The summed E-state index contributed by atoms with van der Waals surface area (Å²) in [5.41, 5.74) is 5.65. The maximum absolute atomic E-state index is 10.8. The van der Waals surface area contributed by atoms with Crippen LogP contribution in [0.3, 0.4) is 0 Å². The molecular formula is C16H17N3O3. The Morgan fingerprint density at radius 1 is 1.32 bits per heavy atom. The maximum Gasteiger partial charge on any atom is 0.356 e.